The molecule has 0 aliphatic rings. The fourth-order valence-electron chi connectivity index (χ4n) is 1.11. The van der Waals surface area contributed by atoms with Gasteiger partial charge >= 0.3 is 5.97 Å². The largest absolute Gasteiger partial charge is 0.478 e. The van der Waals surface area contributed by atoms with Gasteiger partial charge < -0.3 is 20.4 Å². The van der Waals surface area contributed by atoms with E-state index in [9.17, 15) is 4.79 Å². The molecule has 0 saturated carbocycles. The summed E-state index contributed by atoms with van der Waals surface area (Å²) in [6.45, 7) is 1.46. The minimum absolute atomic E-state index is 0.365. The summed E-state index contributed by atoms with van der Waals surface area (Å²) in [5, 5.41) is 32.3. The number of hydrogen-bond acceptors (Lipinski definition) is 4. The molecule has 5 nitrogen and oxygen atoms in total. The number of carboxylic acids is 1. The van der Waals surface area contributed by atoms with Crippen LogP contribution in [0.1, 0.15) is 45.4 Å². The van der Waals surface area contributed by atoms with Crippen molar-refractivity contribution in [1.29, 1.82) is 0 Å². The molecule has 0 rings (SSSR count). The SMILES string of the molecule is CCCCCCCC=CC(=O)O.OCC(O)CO. The van der Waals surface area contributed by atoms with E-state index in [0.29, 0.717) is 0 Å². The second-order valence-corrected chi connectivity index (χ2v) is 3.96. The minimum Gasteiger partial charge on any atom is -0.478 e. The quantitative estimate of drug-likeness (QED) is 0.371. The number of rotatable bonds is 9. The minimum atomic E-state index is -0.954. The average molecular weight is 262 g/mol. The van der Waals surface area contributed by atoms with E-state index in [1.807, 2.05) is 0 Å². The first-order valence-electron chi connectivity index (χ1n) is 6.37. The number of unbranched alkanes of at least 4 members (excludes halogenated alkanes) is 5. The van der Waals surface area contributed by atoms with E-state index in [0.717, 1.165) is 12.8 Å². The number of allylic oxidation sites excluding steroid dienone is 1. The molecule has 0 aromatic carbocycles. The number of aliphatic hydroxyl groups is 3. The van der Waals surface area contributed by atoms with Crippen molar-refractivity contribution in [3.63, 3.8) is 0 Å². The van der Waals surface area contributed by atoms with Crippen LogP contribution in [-0.4, -0.2) is 45.7 Å². The van der Waals surface area contributed by atoms with Crippen molar-refractivity contribution in [2.45, 2.75) is 51.6 Å². The molecule has 0 unspecified atom stereocenters. The van der Waals surface area contributed by atoms with Crippen molar-refractivity contribution >= 4 is 5.97 Å². The van der Waals surface area contributed by atoms with Gasteiger partial charge in [0.2, 0.25) is 0 Å². The van der Waals surface area contributed by atoms with Gasteiger partial charge in [0.25, 0.3) is 0 Å². The number of carbonyl (C=O) groups is 1. The molecule has 0 aliphatic heterocycles. The molecule has 0 heterocycles. The first-order chi connectivity index (χ1) is 8.58. The van der Waals surface area contributed by atoms with E-state index in [2.05, 4.69) is 6.92 Å². The Morgan fingerprint density at radius 2 is 1.67 bits per heavy atom. The highest BCUT2D eigenvalue weighted by Gasteiger charge is 1.93. The summed E-state index contributed by atoms with van der Waals surface area (Å²) in [6.07, 6.45) is 9.06. The zero-order valence-electron chi connectivity index (χ0n) is 11.1. The Morgan fingerprint density at radius 3 is 2.06 bits per heavy atom. The third kappa shape index (κ3) is 20.5. The van der Waals surface area contributed by atoms with Crippen molar-refractivity contribution in [3.8, 4) is 0 Å². The lowest BCUT2D eigenvalue weighted by Crippen LogP contribution is -2.15. The summed E-state index contributed by atoms with van der Waals surface area (Å²) in [4.78, 5) is 10.0. The molecule has 0 aromatic heterocycles. The second-order valence-electron chi connectivity index (χ2n) is 3.96. The molecule has 18 heavy (non-hydrogen) atoms. The van der Waals surface area contributed by atoms with Gasteiger partial charge in [-0.05, 0) is 12.8 Å². The van der Waals surface area contributed by atoms with E-state index in [1.54, 1.807) is 6.08 Å². The van der Waals surface area contributed by atoms with Crippen molar-refractivity contribution in [3.05, 3.63) is 12.2 Å². The van der Waals surface area contributed by atoms with Gasteiger partial charge in [-0.1, -0.05) is 38.7 Å². The van der Waals surface area contributed by atoms with E-state index < -0.39 is 12.1 Å². The third-order valence-corrected chi connectivity index (χ3v) is 2.16. The van der Waals surface area contributed by atoms with Crippen LogP contribution >= 0.6 is 0 Å². The standard InChI is InChI=1S/C10H18O2.C3H8O3/c1-2-3-4-5-6-7-8-9-10(11)12;4-1-3(6)2-5/h8-9H,2-7H2,1H3,(H,11,12);3-6H,1-2H2. The summed E-state index contributed by atoms with van der Waals surface area (Å²) < 4.78 is 0. The van der Waals surface area contributed by atoms with Crippen LogP contribution in [0.25, 0.3) is 0 Å². The number of aliphatic carboxylic acids is 1. The van der Waals surface area contributed by atoms with Gasteiger partial charge in [-0.25, -0.2) is 4.79 Å². The summed E-state index contributed by atoms with van der Waals surface area (Å²) in [6, 6.07) is 0. The third-order valence-electron chi connectivity index (χ3n) is 2.16. The molecule has 0 saturated heterocycles. The number of hydrogen-bond donors (Lipinski definition) is 4. The van der Waals surface area contributed by atoms with Crippen molar-refractivity contribution in [2.75, 3.05) is 13.2 Å². The molecule has 0 aliphatic carbocycles. The molecule has 0 radical (unpaired) electrons. The van der Waals surface area contributed by atoms with Crippen LogP contribution in [0.2, 0.25) is 0 Å². The predicted molar refractivity (Wildman–Crippen MR) is 70.3 cm³/mol. The van der Waals surface area contributed by atoms with Crippen LogP contribution in [0.3, 0.4) is 0 Å². The van der Waals surface area contributed by atoms with Crippen LogP contribution in [0, 0.1) is 0 Å². The Labute approximate surface area is 109 Å². The van der Waals surface area contributed by atoms with Crippen LogP contribution in [0.5, 0.6) is 0 Å². The molecule has 0 atom stereocenters. The highest BCUT2D eigenvalue weighted by Crippen LogP contribution is 2.04. The predicted octanol–water partition coefficient (Wildman–Crippen LogP) is 1.32. The molecule has 108 valence electrons. The Morgan fingerprint density at radius 1 is 1.11 bits per heavy atom. The van der Waals surface area contributed by atoms with Gasteiger partial charge in [-0.15, -0.1) is 0 Å². The topological polar surface area (TPSA) is 98.0 Å². The van der Waals surface area contributed by atoms with Crippen LogP contribution in [-0.2, 0) is 4.79 Å². The maximum absolute atomic E-state index is 10.0. The van der Waals surface area contributed by atoms with Crippen LogP contribution < -0.4 is 0 Å². The van der Waals surface area contributed by atoms with Crippen molar-refractivity contribution < 1.29 is 25.2 Å². The first kappa shape index (κ1) is 19.4. The van der Waals surface area contributed by atoms with Gasteiger partial charge in [0.15, 0.2) is 0 Å². The van der Waals surface area contributed by atoms with Gasteiger partial charge in [-0.3, -0.25) is 0 Å². The van der Waals surface area contributed by atoms with Gasteiger partial charge in [0, 0.05) is 6.08 Å². The van der Waals surface area contributed by atoms with Crippen LogP contribution in [0.15, 0.2) is 12.2 Å². The number of carboxylic acid groups (broad SMARTS) is 1. The summed E-state index contributed by atoms with van der Waals surface area (Å²) in [5.41, 5.74) is 0. The van der Waals surface area contributed by atoms with E-state index in [1.165, 1.54) is 31.8 Å². The monoisotopic (exact) mass is 262 g/mol. The lowest BCUT2D eigenvalue weighted by atomic mass is 10.1. The Balaban J connectivity index is 0. The first-order valence-corrected chi connectivity index (χ1v) is 6.37. The molecule has 0 aromatic rings. The summed E-state index contributed by atoms with van der Waals surface area (Å²) in [5.74, 6) is -0.844. The summed E-state index contributed by atoms with van der Waals surface area (Å²) >= 11 is 0. The van der Waals surface area contributed by atoms with Crippen molar-refractivity contribution in [1.82, 2.24) is 0 Å². The Kier molecular flexibility index (Phi) is 17.4. The smallest absolute Gasteiger partial charge is 0.327 e. The molecule has 0 amide bonds. The fourth-order valence-corrected chi connectivity index (χ4v) is 1.11. The van der Waals surface area contributed by atoms with E-state index in [4.69, 9.17) is 20.4 Å². The maximum Gasteiger partial charge on any atom is 0.327 e. The van der Waals surface area contributed by atoms with Gasteiger partial charge in [-0.2, -0.15) is 0 Å². The highest BCUT2D eigenvalue weighted by atomic mass is 16.4. The molecule has 5 heteroatoms. The van der Waals surface area contributed by atoms with Gasteiger partial charge in [0.1, 0.15) is 6.10 Å². The van der Waals surface area contributed by atoms with Crippen LogP contribution in [0.4, 0.5) is 0 Å². The molecule has 0 spiro atoms. The van der Waals surface area contributed by atoms with Gasteiger partial charge in [0.05, 0.1) is 13.2 Å². The maximum atomic E-state index is 10.0. The highest BCUT2D eigenvalue weighted by molar-refractivity contribution is 5.79. The second kappa shape index (κ2) is 16.1. The van der Waals surface area contributed by atoms with E-state index in [-0.39, 0.29) is 13.2 Å². The summed E-state index contributed by atoms with van der Waals surface area (Å²) in [7, 11) is 0. The zero-order chi connectivity index (χ0) is 14.2. The normalized spacial score (nSPS) is 10.5. The van der Waals surface area contributed by atoms with E-state index >= 15 is 0 Å². The molecule has 4 N–H and O–H groups in total. The molecular formula is C13H26O5. The van der Waals surface area contributed by atoms with Crippen molar-refractivity contribution in [2.24, 2.45) is 0 Å². The molecule has 0 fully saturated rings. The number of aliphatic hydroxyl groups excluding tert-OH is 3. The Bertz CT molecular complexity index is 200. The molecule has 0 bridgehead atoms. The zero-order valence-corrected chi connectivity index (χ0v) is 11.1. The molecular weight excluding hydrogens is 236 g/mol. The lowest BCUT2D eigenvalue weighted by molar-refractivity contribution is -0.131. The lowest BCUT2D eigenvalue weighted by Gasteiger charge is -1.96. The fraction of sp³-hybridized carbons (Fsp3) is 0.769. The Hall–Kier alpha value is -0.910. The average Bonchev–Trinajstić information content (AvgIpc) is 2.37.